The molecule has 0 radical (unpaired) electrons. The number of fused-ring (bicyclic) bond motifs is 2. The number of para-hydroxylation sites is 2. The Kier molecular flexibility index (Phi) is 2.98. The van der Waals surface area contributed by atoms with E-state index in [0.717, 1.165) is 17.8 Å². The van der Waals surface area contributed by atoms with E-state index in [-0.39, 0.29) is 5.69 Å². The van der Waals surface area contributed by atoms with Gasteiger partial charge in [-0.25, -0.2) is 9.79 Å². The Labute approximate surface area is 116 Å². The van der Waals surface area contributed by atoms with Crippen LogP contribution < -0.4 is 16.7 Å². The Morgan fingerprint density at radius 2 is 2.15 bits per heavy atom. The maximum Gasteiger partial charge on any atom is 0.349 e. The van der Waals surface area contributed by atoms with Crippen molar-refractivity contribution in [2.75, 3.05) is 5.32 Å². The molecular weight excluding hydrogens is 254 g/mol. The fourth-order valence-corrected chi connectivity index (χ4v) is 2.17. The van der Waals surface area contributed by atoms with Gasteiger partial charge in [0.05, 0.1) is 16.9 Å². The molecule has 3 N–H and O–H groups in total. The number of nitrogens with zero attached hydrogens (tertiary/aromatic N) is 3. The first-order valence-electron chi connectivity index (χ1n) is 6.51. The van der Waals surface area contributed by atoms with Crippen LogP contribution in [0.1, 0.15) is 18.9 Å². The molecule has 1 aromatic carbocycles. The molecule has 2 heterocycles. The first-order chi connectivity index (χ1) is 9.69. The zero-order chi connectivity index (χ0) is 14.1. The summed E-state index contributed by atoms with van der Waals surface area (Å²) >= 11 is 0. The number of amidine groups is 1. The lowest BCUT2D eigenvalue weighted by Gasteiger charge is -2.10. The second kappa shape index (κ2) is 4.80. The fraction of sp³-hybridized carbons (Fsp3) is 0.214. The lowest BCUT2D eigenvalue weighted by Crippen LogP contribution is -2.27. The van der Waals surface area contributed by atoms with Gasteiger partial charge in [-0.1, -0.05) is 19.1 Å². The molecule has 1 aromatic heterocycles. The number of nitrogens with one attached hydrogen (secondary N) is 1. The van der Waals surface area contributed by atoms with Crippen molar-refractivity contribution in [3.8, 4) is 0 Å². The number of hydrogen-bond donors (Lipinski definition) is 2. The number of aliphatic imine (C=N–C) groups is 1. The molecule has 0 amide bonds. The third-order valence-electron chi connectivity index (χ3n) is 3.13. The van der Waals surface area contributed by atoms with E-state index in [1.165, 1.54) is 0 Å². The summed E-state index contributed by atoms with van der Waals surface area (Å²) in [6.45, 7) is 2.61. The van der Waals surface area contributed by atoms with Crippen molar-refractivity contribution >= 4 is 23.0 Å². The molecule has 0 saturated carbocycles. The van der Waals surface area contributed by atoms with Gasteiger partial charge in [-0.05, 0) is 18.6 Å². The molecule has 2 aromatic rings. The van der Waals surface area contributed by atoms with E-state index in [0.29, 0.717) is 23.8 Å². The number of rotatable bonds is 2. The highest BCUT2D eigenvalue weighted by Crippen LogP contribution is 2.31. The van der Waals surface area contributed by atoms with Crippen LogP contribution in [0.4, 0.5) is 17.2 Å². The summed E-state index contributed by atoms with van der Waals surface area (Å²) in [4.78, 5) is 20.4. The van der Waals surface area contributed by atoms with E-state index in [1.807, 2.05) is 31.2 Å². The van der Waals surface area contributed by atoms with Crippen LogP contribution in [0.5, 0.6) is 0 Å². The molecule has 3 rings (SSSR count). The van der Waals surface area contributed by atoms with E-state index in [2.05, 4.69) is 15.3 Å². The topological polar surface area (TPSA) is 85.3 Å². The Morgan fingerprint density at radius 3 is 2.95 bits per heavy atom. The maximum atomic E-state index is 11.9. The van der Waals surface area contributed by atoms with Crippen LogP contribution in [-0.2, 0) is 6.54 Å². The zero-order valence-electron chi connectivity index (χ0n) is 11.1. The number of anilines is 2. The normalized spacial score (nSPS) is 12.8. The van der Waals surface area contributed by atoms with Gasteiger partial charge in [0, 0.05) is 12.7 Å². The quantitative estimate of drug-likeness (QED) is 0.869. The minimum absolute atomic E-state index is 0.287. The van der Waals surface area contributed by atoms with Crippen molar-refractivity contribution in [2.24, 2.45) is 10.7 Å². The number of benzene rings is 1. The van der Waals surface area contributed by atoms with Crippen molar-refractivity contribution in [1.82, 2.24) is 9.55 Å². The van der Waals surface area contributed by atoms with E-state index in [1.54, 1.807) is 10.8 Å². The number of nitrogens with two attached hydrogens (primary N) is 1. The number of hydrogen-bond acceptors (Lipinski definition) is 5. The Morgan fingerprint density at radius 1 is 1.35 bits per heavy atom. The number of aromatic nitrogens is 2. The predicted octanol–water partition coefficient (Wildman–Crippen LogP) is 1.75. The Hall–Kier alpha value is -2.63. The van der Waals surface area contributed by atoms with Gasteiger partial charge in [-0.3, -0.25) is 4.57 Å². The minimum atomic E-state index is -0.287. The van der Waals surface area contributed by atoms with Gasteiger partial charge in [0.25, 0.3) is 0 Å². The van der Waals surface area contributed by atoms with E-state index in [4.69, 9.17) is 5.73 Å². The lowest BCUT2D eigenvalue weighted by molar-refractivity contribution is 0.636. The van der Waals surface area contributed by atoms with E-state index in [9.17, 15) is 4.79 Å². The molecule has 0 bridgehead atoms. The van der Waals surface area contributed by atoms with Crippen molar-refractivity contribution in [2.45, 2.75) is 19.9 Å². The molecule has 102 valence electrons. The van der Waals surface area contributed by atoms with E-state index < -0.39 is 0 Å². The predicted molar refractivity (Wildman–Crippen MR) is 78.9 cm³/mol. The molecule has 6 nitrogen and oxygen atoms in total. The smallest absolute Gasteiger partial charge is 0.349 e. The summed E-state index contributed by atoms with van der Waals surface area (Å²) in [5.41, 5.74) is 7.91. The van der Waals surface area contributed by atoms with Crippen molar-refractivity contribution in [1.29, 1.82) is 0 Å². The van der Waals surface area contributed by atoms with Gasteiger partial charge in [-0.2, -0.15) is 4.98 Å². The molecule has 6 heteroatoms. The summed E-state index contributed by atoms with van der Waals surface area (Å²) in [5.74, 6) is 0.809. The Bertz CT molecular complexity index is 747. The first-order valence-corrected chi connectivity index (χ1v) is 6.51. The van der Waals surface area contributed by atoms with Gasteiger partial charge in [-0.15, -0.1) is 0 Å². The van der Waals surface area contributed by atoms with Crippen LogP contribution in [0, 0.1) is 0 Å². The SMILES string of the molecule is CCCn1cc2c(nc1=O)Nc1ccccc1N=C2N. The van der Waals surface area contributed by atoms with Crippen LogP contribution in [0.25, 0.3) is 0 Å². The van der Waals surface area contributed by atoms with Crippen LogP contribution in [-0.4, -0.2) is 15.4 Å². The average Bonchev–Trinajstić information content (AvgIpc) is 2.56. The highest BCUT2D eigenvalue weighted by Gasteiger charge is 2.17. The van der Waals surface area contributed by atoms with Gasteiger partial charge < -0.3 is 11.1 Å². The van der Waals surface area contributed by atoms with Gasteiger partial charge >= 0.3 is 5.69 Å². The second-order valence-electron chi connectivity index (χ2n) is 4.62. The molecule has 0 unspecified atom stereocenters. The average molecular weight is 269 g/mol. The summed E-state index contributed by atoms with van der Waals surface area (Å²) in [6.07, 6.45) is 2.57. The number of aryl methyl sites for hydroxylation is 1. The molecular formula is C14H15N5O. The van der Waals surface area contributed by atoms with Gasteiger partial charge in [0.2, 0.25) is 0 Å². The van der Waals surface area contributed by atoms with Crippen molar-refractivity contribution in [3.63, 3.8) is 0 Å². The highest BCUT2D eigenvalue weighted by atomic mass is 16.1. The van der Waals surface area contributed by atoms with Gasteiger partial charge in [0.1, 0.15) is 11.7 Å². The van der Waals surface area contributed by atoms with Crippen LogP contribution in [0.3, 0.4) is 0 Å². The van der Waals surface area contributed by atoms with Crippen LogP contribution in [0.2, 0.25) is 0 Å². The first kappa shape index (κ1) is 12.4. The Balaban J connectivity index is 2.19. The fourth-order valence-electron chi connectivity index (χ4n) is 2.17. The molecule has 0 aliphatic carbocycles. The third kappa shape index (κ3) is 2.05. The largest absolute Gasteiger partial charge is 0.383 e. The lowest BCUT2D eigenvalue weighted by atomic mass is 10.2. The molecule has 0 spiro atoms. The third-order valence-corrected chi connectivity index (χ3v) is 3.13. The molecule has 1 aliphatic heterocycles. The second-order valence-corrected chi connectivity index (χ2v) is 4.62. The van der Waals surface area contributed by atoms with Crippen molar-refractivity contribution < 1.29 is 0 Å². The molecule has 0 saturated heterocycles. The standard InChI is InChI=1S/C14H15N5O/c1-2-7-19-8-9-12(15)16-10-5-3-4-6-11(10)17-13(9)18-14(19)20/h3-6,8H,2,7H2,1H3,(H2,15,16)(H,17,18,20). The zero-order valence-corrected chi connectivity index (χ0v) is 11.1. The minimum Gasteiger partial charge on any atom is -0.383 e. The molecule has 0 fully saturated rings. The van der Waals surface area contributed by atoms with Crippen LogP contribution in [0.15, 0.2) is 40.2 Å². The summed E-state index contributed by atoms with van der Waals surface area (Å²) in [7, 11) is 0. The highest BCUT2D eigenvalue weighted by molar-refractivity contribution is 6.05. The van der Waals surface area contributed by atoms with Gasteiger partial charge in [0.15, 0.2) is 0 Å². The monoisotopic (exact) mass is 269 g/mol. The molecule has 1 aliphatic rings. The van der Waals surface area contributed by atoms with E-state index >= 15 is 0 Å². The summed E-state index contributed by atoms with van der Waals surface area (Å²) in [5, 5.41) is 3.12. The maximum absolute atomic E-state index is 11.9. The summed E-state index contributed by atoms with van der Waals surface area (Å²) < 4.78 is 1.55. The van der Waals surface area contributed by atoms with Crippen LogP contribution >= 0.6 is 0 Å². The molecule has 20 heavy (non-hydrogen) atoms. The summed E-state index contributed by atoms with van der Waals surface area (Å²) in [6, 6.07) is 7.51. The van der Waals surface area contributed by atoms with Crippen molar-refractivity contribution in [3.05, 3.63) is 46.5 Å². The molecule has 0 atom stereocenters.